The van der Waals surface area contributed by atoms with E-state index < -0.39 is 0 Å². The summed E-state index contributed by atoms with van der Waals surface area (Å²) in [5.74, 6) is -0.148. The van der Waals surface area contributed by atoms with Gasteiger partial charge in [0.15, 0.2) is 0 Å². The molecule has 4 nitrogen and oxygen atoms in total. The van der Waals surface area contributed by atoms with Gasteiger partial charge in [0.25, 0.3) is 0 Å². The third kappa shape index (κ3) is 3.51. The van der Waals surface area contributed by atoms with Gasteiger partial charge in [0.2, 0.25) is 5.91 Å². The second-order valence-corrected chi connectivity index (χ2v) is 4.76. The van der Waals surface area contributed by atoms with Gasteiger partial charge in [-0.2, -0.15) is 0 Å². The van der Waals surface area contributed by atoms with E-state index >= 15 is 0 Å². The Hall–Kier alpha value is -1.46. The van der Waals surface area contributed by atoms with E-state index in [9.17, 15) is 4.79 Å². The zero-order chi connectivity index (χ0) is 13.0. The summed E-state index contributed by atoms with van der Waals surface area (Å²) < 4.78 is 0.639. The third-order valence-corrected chi connectivity index (χ3v) is 3.28. The van der Waals surface area contributed by atoms with Crippen LogP contribution in [-0.2, 0) is 11.2 Å². The van der Waals surface area contributed by atoms with Crippen LogP contribution in [0.3, 0.4) is 0 Å². The lowest BCUT2D eigenvalue weighted by Gasteiger charge is -2.05. The van der Waals surface area contributed by atoms with Gasteiger partial charge in [0.1, 0.15) is 5.15 Å². The maximum absolute atomic E-state index is 11.8. The van der Waals surface area contributed by atoms with Gasteiger partial charge in [-0.3, -0.25) is 9.78 Å². The Morgan fingerprint density at radius 1 is 1.39 bits per heavy atom. The Labute approximate surface area is 118 Å². The van der Waals surface area contributed by atoms with E-state index in [1.165, 1.54) is 6.20 Å². The zero-order valence-corrected chi connectivity index (χ0v) is 11.6. The summed E-state index contributed by atoms with van der Waals surface area (Å²) in [6, 6.07) is 7.15. The Morgan fingerprint density at radius 2 is 2.22 bits per heavy atom. The summed E-state index contributed by atoms with van der Waals surface area (Å²) in [5, 5.41) is 3.09. The molecule has 6 heteroatoms. The number of carbonyl (C=O) groups excluding carboxylic acids is 1. The molecule has 0 spiro atoms. The number of aromatic nitrogens is 2. The van der Waals surface area contributed by atoms with Crippen LogP contribution >= 0.6 is 27.5 Å². The summed E-state index contributed by atoms with van der Waals surface area (Å²) in [6.07, 6.45) is 3.38. The Morgan fingerprint density at radius 3 is 2.89 bits per heavy atom. The summed E-state index contributed by atoms with van der Waals surface area (Å²) >= 11 is 9.01. The van der Waals surface area contributed by atoms with Gasteiger partial charge >= 0.3 is 0 Å². The summed E-state index contributed by atoms with van der Waals surface area (Å²) in [4.78, 5) is 19.8. The molecule has 0 saturated carbocycles. The lowest BCUT2D eigenvalue weighted by Crippen LogP contribution is -2.15. The molecule has 0 saturated heterocycles. The number of hydrogen-bond donors (Lipinski definition) is 1. The van der Waals surface area contributed by atoms with Gasteiger partial charge in [0, 0.05) is 11.9 Å². The van der Waals surface area contributed by atoms with Gasteiger partial charge in [-0.05, 0) is 34.1 Å². The fourth-order valence-corrected chi connectivity index (χ4v) is 1.81. The number of pyridine rings is 2. The van der Waals surface area contributed by atoms with Crippen molar-refractivity contribution < 1.29 is 4.79 Å². The topological polar surface area (TPSA) is 54.9 Å². The normalized spacial score (nSPS) is 10.1. The van der Waals surface area contributed by atoms with Crippen molar-refractivity contribution in [1.82, 2.24) is 9.97 Å². The monoisotopic (exact) mass is 325 g/mol. The quantitative estimate of drug-likeness (QED) is 0.882. The van der Waals surface area contributed by atoms with Gasteiger partial charge < -0.3 is 5.32 Å². The molecule has 0 aliphatic carbocycles. The van der Waals surface area contributed by atoms with Crippen LogP contribution in [0.25, 0.3) is 0 Å². The fraction of sp³-hybridized carbons (Fsp3) is 0.0833. The molecule has 1 N–H and O–H groups in total. The average molecular weight is 327 g/mol. The van der Waals surface area contributed by atoms with Crippen LogP contribution in [0, 0.1) is 0 Å². The van der Waals surface area contributed by atoms with Crippen LogP contribution in [0.4, 0.5) is 5.69 Å². The molecule has 2 aromatic heterocycles. The van der Waals surface area contributed by atoms with Crippen LogP contribution in [0.5, 0.6) is 0 Å². The lowest BCUT2D eigenvalue weighted by molar-refractivity contribution is -0.115. The summed E-state index contributed by atoms with van der Waals surface area (Å²) in [5.41, 5.74) is 1.31. The predicted octanol–water partition coefficient (Wildman–Crippen LogP) is 3.07. The van der Waals surface area contributed by atoms with Crippen LogP contribution in [-0.4, -0.2) is 15.9 Å². The van der Waals surface area contributed by atoms with E-state index in [0.29, 0.717) is 15.3 Å². The molecule has 0 unspecified atom stereocenters. The SMILES string of the molecule is O=C(Cc1ccccn1)Nc1cnc(Cl)c(Br)c1. The first-order chi connectivity index (χ1) is 8.65. The zero-order valence-electron chi connectivity index (χ0n) is 9.23. The molecule has 18 heavy (non-hydrogen) atoms. The molecule has 0 bridgehead atoms. The number of amides is 1. The largest absolute Gasteiger partial charge is 0.324 e. The maximum atomic E-state index is 11.8. The maximum Gasteiger partial charge on any atom is 0.230 e. The summed E-state index contributed by atoms with van der Waals surface area (Å²) in [6.45, 7) is 0. The molecule has 2 rings (SSSR count). The molecule has 0 aliphatic rings. The Balaban J connectivity index is 2.01. The minimum Gasteiger partial charge on any atom is -0.324 e. The molecule has 0 radical (unpaired) electrons. The molecule has 0 fully saturated rings. The van der Waals surface area contributed by atoms with E-state index in [1.807, 2.05) is 12.1 Å². The van der Waals surface area contributed by atoms with Crippen molar-refractivity contribution in [2.75, 3.05) is 5.32 Å². The van der Waals surface area contributed by atoms with Crippen LogP contribution in [0.15, 0.2) is 41.1 Å². The number of carbonyl (C=O) groups is 1. The third-order valence-electron chi connectivity index (χ3n) is 2.15. The van der Waals surface area contributed by atoms with Gasteiger partial charge in [-0.15, -0.1) is 0 Å². The van der Waals surface area contributed by atoms with Crippen molar-refractivity contribution in [3.05, 3.63) is 52.0 Å². The minimum absolute atomic E-state index is 0.148. The van der Waals surface area contributed by atoms with Crippen molar-refractivity contribution in [3.8, 4) is 0 Å². The van der Waals surface area contributed by atoms with E-state index in [2.05, 4.69) is 31.2 Å². The number of rotatable bonds is 3. The number of nitrogens with zero attached hydrogens (tertiary/aromatic N) is 2. The second-order valence-electron chi connectivity index (χ2n) is 3.54. The molecule has 0 aromatic carbocycles. The van der Waals surface area contributed by atoms with Crippen LogP contribution in [0.2, 0.25) is 5.15 Å². The first-order valence-corrected chi connectivity index (χ1v) is 6.33. The molecular formula is C12H9BrClN3O. The van der Waals surface area contributed by atoms with Gasteiger partial charge in [0.05, 0.1) is 22.8 Å². The standard InChI is InChI=1S/C12H9BrClN3O/c13-10-5-9(7-16-12(10)14)17-11(18)6-8-3-1-2-4-15-8/h1-5,7H,6H2,(H,17,18). The second kappa shape index (κ2) is 5.93. The van der Waals surface area contributed by atoms with Gasteiger partial charge in [-0.1, -0.05) is 17.7 Å². The lowest BCUT2D eigenvalue weighted by atomic mass is 10.2. The first kappa shape index (κ1) is 13.0. The first-order valence-electron chi connectivity index (χ1n) is 5.16. The van der Waals surface area contributed by atoms with Crippen LogP contribution < -0.4 is 5.32 Å². The van der Waals surface area contributed by atoms with Crippen molar-refractivity contribution in [2.24, 2.45) is 0 Å². The summed E-state index contributed by atoms with van der Waals surface area (Å²) in [7, 11) is 0. The number of nitrogens with one attached hydrogen (secondary N) is 1. The minimum atomic E-state index is -0.148. The Bertz CT molecular complexity index is 563. The van der Waals surface area contributed by atoms with E-state index in [-0.39, 0.29) is 12.3 Å². The highest BCUT2D eigenvalue weighted by molar-refractivity contribution is 9.10. The molecule has 2 aromatic rings. The van der Waals surface area contributed by atoms with Crippen molar-refractivity contribution in [3.63, 3.8) is 0 Å². The molecule has 0 atom stereocenters. The fourth-order valence-electron chi connectivity index (χ4n) is 1.36. The van der Waals surface area contributed by atoms with Crippen LogP contribution in [0.1, 0.15) is 5.69 Å². The molecule has 2 heterocycles. The highest BCUT2D eigenvalue weighted by atomic mass is 79.9. The van der Waals surface area contributed by atoms with Crippen molar-refractivity contribution >= 4 is 39.1 Å². The van der Waals surface area contributed by atoms with E-state index in [1.54, 1.807) is 18.3 Å². The molecule has 92 valence electrons. The predicted molar refractivity (Wildman–Crippen MR) is 73.5 cm³/mol. The Kier molecular flexibility index (Phi) is 4.28. The highest BCUT2D eigenvalue weighted by Crippen LogP contribution is 2.22. The number of hydrogen-bond acceptors (Lipinski definition) is 3. The number of halogens is 2. The highest BCUT2D eigenvalue weighted by Gasteiger charge is 2.06. The van der Waals surface area contributed by atoms with E-state index in [4.69, 9.17) is 11.6 Å². The average Bonchev–Trinajstić information content (AvgIpc) is 2.35. The van der Waals surface area contributed by atoms with Gasteiger partial charge in [-0.25, -0.2) is 4.98 Å². The van der Waals surface area contributed by atoms with Crippen molar-refractivity contribution in [1.29, 1.82) is 0 Å². The molecular weight excluding hydrogens is 318 g/mol. The van der Waals surface area contributed by atoms with Crippen molar-refractivity contribution in [2.45, 2.75) is 6.42 Å². The molecule has 0 aliphatic heterocycles. The smallest absolute Gasteiger partial charge is 0.230 e. The van der Waals surface area contributed by atoms with E-state index in [0.717, 1.165) is 5.69 Å². The number of anilines is 1. The molecule has 1 amide bonds.